The second kappa shape index (κ2) is 9.55. The first-order valence-electron chi connectivity index (χ1n) is 8.96. The van der Waals surface area contributed by atoms with Crippen LogP contribution in [0.1, 0.15) is 5.82 Å². The molecule has 0 aromatic carbocycles. The molecular weight excluding hydrogens is 354 g/mol. The molecule has 1 aliphatic heterocycles. The molecule has 1 saturated heterocycles. The maximum Gasteiger partial charge on any atom is 0.342 e. The first-order valence-corrected chi connectivity index (χ1v) is 8.96. The van der Waals surface area contributed by atoms with Crippen molar-refractivity contribution in [2.24, 2.45) is 5.92 Å². The van der Waals surface area contributed by atoms with E-state index in [9.17, 15) is 4.79 Å². The van der Waals surface area contributed by atoms with Crippen LogP contribution in [-0.2, 0) is 11.2 Å². The predicted octanol–water partition coefficient (Wildman–Crippen LogP) is -1.50. The summed E-state index contributed by atoms with van der Waals surface area (Å²) in [6.45, 7) is 4.01. The number of carbonyl (C=O) groups excluding carboxylic acids is 1. The molecule has 1 amide bonds. The van der Waals surface area contributed by atoms with Gasteiger partial charge >= 0.3 is 6.03 Å². The Labute approximate surface area is 156 Å². The molecule has 0 saturated carbocycles. The van der Waals surface area contributed by atoms with Crippen molar-refractivity contribution in [1.82, 2.24) is 34.8 Å². The first kappa shape index (κ1) is 19.4. The van der Waals surface area contributed by atoms with Crippen molar-refractivity contribution in [2.75, 3.05) is 52.6 Å². The maximum atomic E-state index is 12.1. The molecule has 11 nitrogen and oxygen atoms in total. The van der Waals surface area contributed by atoms with Gasteiger partial charge in [-0.3, -0.25) is 4.90 Å². The van der Waals surface area contributed by atoms with Crippen LogP contribution in [-0.4, -0.2) is 98.3 Å². The summed E-state index contributed by atoms with van der Waals surface area (Å²) in [6, 6.07) is 1.22. The molecule has 3 heterocycles. The Morgan fingerprint density at radius 1 is 1.26 bits per heavy atom. The zero-order valence-corrected chi connectivity index (χ0v) is 15.1. The summed E-state index contributed by atoms with van der Waals surface area (Å²) in [4.78, 5) is 18.7. The van der Waals surface area contributed by atoms with E-state index in [4.69, 9.17) is 14.9 Å². The molecule has 2 aromatic rings. The van der Waals surface area contributed by atoms with Crippen LogP contribution in [0.5, 0.6) is 0 Å². The van der Waals surface area contributed by atoms with Gasteiger partial charge in [-0.1, -0.05) is 0 Å². The normalized spacial score (nSPS) is 15.4. The quantitative estimate of drug-likeness (QED) is 0.505. The number of nitrogens with one attached hydrogen (secondary N) is 1. The smallest absolute Gasteiger partial charge is 0.342 e. The summed E-state index contributed by atoms with van der Waals surface area (Å²) in [6.07, 6.45) is 3.83. The topological polar surface area (TPSA) is 131 Å². The van der Waals surface area contributed by atoms with Gasteiger partial charge in [0.1, 0.15) is 6.33 Å². The SMILES string of the molecule is O=C(NCC(CO)CO)n1ccc(-n2cnc(CCN3CCOCC3)n2)n1. The summed E-state index contributed by atoms with van der Waals surface area (Å²) >= 11 is 0. The number of ether oxygens (including phenoxy) is 1. The lowest BCUT2D eigenvalue weighted by Gasteiger charge is -2.25. The Morgan fingerprint density at radius 3 is 2.78 bits per heavy atom. The standard InChI is InChI=1S/C16H25N7O4/c24-10-13(11-25)9-17-16(26)22-4-2-15(20-22)23-12-18-14(19-23)1-3-21-5-7-27-8-6-21/h2,4,12-13,24-25H,1,3,5-11H2,(H,17,26). The molecule has 3 rings (SSSR count). The number of nitrogens with zero attached hydrogens (tertiary/aromatic N) is 6. The van der Waals surface area contributed by atoms with Crippen LogP contribution in [0, 0.1) is 5.92 Å². The summed E-state index contributed by atoms with van der Waals surface area (Å²) < 4.78 is 8.01. The van der Waals surface area contributed by atoms with E-state index in [1.54, 1.807) is 12.4 Å². The van der Waals surface area contributed by atoms with E-state index in [-0.39, 0.29) is 19.8 Å². The highest BCUT2D eigenvalue weighted by Gasteiger charge is 2.14. The molecule has 1 fully saturated rings. The predicted molar refractivity (Wildman–Crippen MR) is 94.6 cm³/mol. The van der Waals surface area contributed by atoms with Crippen molar-refractivity contribution in [1.29, 1.82) is 0 Å². The molecule has 3 N–H and O–H groups in total. The highest BCUT2D eigenvalue weighted by Crippen LogP contribution is 2.05. The third-order valence-electron chi connectivity index (χ3n) is 4.37. The highest BCUT2D eigenvalue weighted by atomic mass is 16.5. The average Bonchev–Trinajstić information content (AvgIpc) is 3.37. The minimum Gasteiger partial charge on any atom is -0.396 e. The Kier molecular flexibility index (Phi) is 6.87. The van der Waals surface area contributed by atoms with E-state index in [0.29, 0.717) is 11.6 Å². The van der Waals surface area contributed by atoms with Crippen LogP contribution in [0.4, 0.5) is 4.79 Å². The van der Waals surface area contributed by atoms with E-state index >= 15 is 0 Å². The number of aliphatic hydroxyl groups is 2. The Balaban J connectivity index is 1.53. The first-order chi connectivity index (χ1) is 13.2. The van der Waals surface area contributed by atoms with Crippen molar-refractivity contribution in [2.45, 2.75) is 6.42 Å². The minimum absolute atomic E-state index is 0.163. The number of hydrogen-bond donors (Lipinski definition) is 3. The number of morpholine rings is 1. The monoisotopic (exact) mass is 379 g/mol. The second-order valence-electron chi connectivity index (χ2n) is 6.35. The van der Waals surface area contributed by atoms with E-state index in [0.717, 1.165) is 44.0 Å². The van der Waals surface area contributed by atoms with Crippen molar-refractivity contribution in [3.63, 3.8) is 0 Å². The molecule has 0 radical (unpaired) electrons. The lowest BCUT2D eigenvalue weighted by atomic mass is 10.2. The van der Waals surface area contributed by atoms with Crippen LogP contribution in [0.15, 0.2) is 18.6 Å². The zero-order chi connectivity index (χ0) is 19.1. The number of amides is 1. The molecular formula is C16H25N7O4. The molecule has 2 aromatic heterocycles. The van der Waals surface area contributed by atoms with Gasteiger partial charge in [-0.2, -0.15) is 4.68 Å². The van der Waals surface area contributed by atoms with Crippen molar-refractivity contribution < 1.29 is 19.7 Å². The van der Waals surface area contributed by atoms with Gasteiger partial charge in [0.25, 0.3) is 0 Å². The Hall–Kier alpha value is -2.34. The average molecular weight is 379 g/mol. The van der Waals surface area contributed by atoms with Gasteiger partial charge in [0, 0.05) is 64.0 Å². The largest absolute Gasteiger partial charge is 0.396 e. The van der Waals surface area contributed by atoms with Gasteiger partial charge in [-0.05, 0) is 0 Å². The van der Waals surface area contributed by atoms with Gasteiger partial charge in [-0.25, -0.2) is 14.5 Å². The van der Waals surface area contributed by atoms with Crippen molar-refractivity contribution >= 4 is 6.03 Å². The second-order valence-corrected chi connectivity index (χ2v) is 6.35. The number of aromatic nitrogens is 5. The van der Waals surface area contributed by atoms with Crippen LogP contribution < -0.4 is 5.32 Å². The molecule has 0 atom stereocenters. The fraction of sp³-hybridized carbons (Fsp3) is 0.625. The number of rotatable bonds is 8. The van der Waals surface area contributed by atoms with Crippen LogP contribution in [0.2, 0.25) is 0 Å². The van der Waals surface area contributed by atoms with Gasteiger partial charge in [-0.15, -0.1) is 10.2 Å². The molecule has 27 heavy (non-hydrogen) atoms. The molecule has 0 spiro atoms. The molecule has 1 aliphatic rings. The third kappa shape index (κ3) is 5.32. The van der Waals surface area contributed by atoms with Gasteiger partial charge in [0.05, 0.1) is 13.2 Å². The number of hydrogen-bond acceptors (Lipinski definition) is 8. The van der Waals surface area contributed by atoms with E-state index < -0.39 is 11.9 Å². The molecule has 11 heteroatoms. The fourth-order valence-electron chi connectivity index (χ4n) is 2.65. The van der Waals surface area contributed by atoms with Crippen molar-refractivity contribution in [3.05, 3.63) is 24.4 Å². The lowest BCUT2D eigenvalue weighted by Crippen LogP contribution is -2.37. The summed E-state index contributed by atoms with van der Waals surface area (Å²) in [5.41, 5.74) is 0. The lowest BCUT2D eigenvalue weighted by molar-refractivity contribution is 0.0382. The molecule has 148 valence electrons. The molecule has 0 unspecified atom stereocenters. The zero-order valence-electron chi connectivity index (χ0n) is 15.1. The third-order valence-corrected chi connectivity index (χ3v) is 4.37. The highest BCUT2D eigenvalue weighted by molar-refractivity contribution is 5.75. The van der Waals surface area contributed by atoms with Gasteiger partial charge in [0.15, 0.2) is 11.6 Å². The number of carbonyl (C=O) groups is 1. The number of aliphatic hydroxyl groups excluding tert-OH is 2. The van der Waals surface area contributed by atoms with Crippen LogP contribution >= 0.6 is 0 Å². The van der Waals surface area contributed by atoms with E-state index in [1.807, 2.05) is 0 Å². The van der Waals surface area contributed by atoms with Crippen LogP contribution in [0.25, 0.3) is 5.82 Å². The van der Waals surface area contributed by atoms with Crippen molar-refractivity contribution in [3.8, 4) is 5.82 Å². The van der Waals surface area contributed by atoms with Crippen LogP contribution in [0.3, 0.4) is 0 Å². The van der Waals surface area contributed by atoms with Gasteiger partial charge in [0.2, 0.25) is 0 Å². The minimum atomic E-state index is -0.444. The summed E-state index contributed by atoms with van der Waals surface area (Å²) in [7, 11) is 0. The Bertz CT molecular complexity index is 722. The van der Waals surface area contributed by atoms with E-state index in [1.165, 1.54) is 10.9 Å². The maximum absolute atomic E-state index is 12.1. The Morgan fingerprint density at radius 2 is 2.04 bits per heavy atom. The van der Waals surface area contributed by atoms with Gasteiger partial charge < -0.3 is 20.3 Å². The molecule has 0 bridgehead atoms. The fourth-order valence-corrected chi connectivity index (χ4v) is 2.65. The molecule has 0 aliphatic carbocycles. The summed E-state index contributed by atoms with van der Waals surface area (Å²) in [5.74, 6) is 0.804. The summed E-state index contributed by atoms with van der Waals surface area (Å²) in [5, 5.41) is 29.3. The van der Waals surface area contributed by atoms with E-state index in [2.05, 4.69) is 25.4 Å².